The van der Waals surface area contributed by atoms with Crippen molar-refractivity contribution in [3.63, 3.8) is 0 Å². The van der Waals surface area contributed by atoms with Crippen molar-refractivity contribution >= 4 is 27.8 Å². The van der Waals surface area contributed by atoms with Crippen LogP contribution in [0.1, 0.15) is 0 Å². The van der Waals surface area contributed by atoms with Gasteiger partial charge in [-0.3, -0.25) is 4.31 Å². The molecule has 0 aromatic heterocycles. The Hall–Kier alpha value is -0.790. The molecule has 0 aliphatic rings. The van der Waals surface area contributed by atoms with Crippen LogP contribution < -0.4 is 4.31 Å². The van der Waals surface area contributed by atoms with Crippen molar-refractivity contribution in [2.75, 3.05) is 24.4 Å². The van der Waals surface area contributed by atoms with E-state index in [0.29, 0.717) is 17.6 Å². The van der Waals surface area contributed by atoms with E-state index in [9.17, 15) is 12.8 Å². The Kier molecular flexibility index (Phi) is 4.57. The first-order chi connectivity index (χ1) is 7.50. The number of anilines is 1. The first-order valence-electron chi connectivity index (χ1n) is 4.47. The lowest BCUT2D eigenvalue weighted by molar-refractivity contribution is 0.555. The minimum atomic E-state index is -3.66. The number of rotatable bonds is 5. The Bertz CT molecular complexity index is 424. The number of benzene rings is 1. The summed E-state index contributed by atoms with van der Waals surface area (Å²) in [5.41, 5.74) is 0.536. The zero-order valence-corrected chi connectivity index (χ0v) is 10.6. The molecule has 16 heavy (non-hydrogen) atoms. The van der Waals surface area contributed by atoms with Crippen LogP contribution >= 0.6 is 11.9 Å². The second kappa shape index (κ2) is 5.51. The number of hydrogen-bond donors (Lipinski definition) is 0. The predicted octanol–water partition coefficient (Wildman–Crippen LogP) is 1.87. The Balaban J connectivity index is 2.93. The maximum atomic E-state index is 12.1. The van der Waals surface area contributed by atoms with Crippen molar-refractivity contribution in [2.24, 2.45) is 0 Å². The van der Waals surface area contributed by atoms with Crippen LogP contribution in [-0.2, 0) is 10.2 Å². The third-order valence-corrected chi connectivity index (χ3v) is 4.92. The Morgan fingerprint density at radius 1 is 1.25 bits per heavy atom. The maximum absolute atomic E-state index is 12.1. The van der Waals surface area contributed by atoms with Gasteiger partial charge in [-0.15, -0.1) is 3.71 Å². The fraction of sp³-hybridized carbons (Fsp3) is 0.333. The molecule has 0 atom stereocenters. The molecule has 0 spiro atoms. The van der Waals surface area contributed by atoms with E-state index in [2.05, 4.69) is 0 Å². The number of nitrogens with zero attached hydrogens (tertiary/aromatic N) is 2. The van der Waals surface area contributed by atoms with Gasteiger partial charge in [0.05, 0.1) is 5.69 Å². The molecule has 7 heteroatoms. The van der Waals surface area contributed by atoms with Crippen LogP contribution in [0.5, 0.6) is 0 Å². The number of hydrogen-bond acceptors (Lipinski definition) is 3. The molecule has 0 saturated carbocycles. The molecule has 0 aliphatic carbocycles. The highest BCUT2D eigenvalue weighted by atomic mass is 32.3. The molecule has 0 unspecified atom stereocenters. The third-order valence-electron chi connectivity index (χ3n) is 2.02. The van der Waals surface area contributed by atoms with Crippen molar-refractivity contribution in [1.29, 1.82) is 0 Å². The molecule has 4 nitrogen and oxygen atoms in total. The van der Waals surface area contributed by atoms with E-state index in [4.69, 9.17) is 0 Å². The van der Waals surface area contributed by atoms with Gasteiger partial charge in [-0.05, 0) is 24.1 Å². The summed E-state index contributed by atoms with van der Waals surface area (Å²) < 4.78 is 37.9. The predicted molar refractivity (Wildman–Crippen MR) is 65.1 cm³/mol. The molecule has 0 heterocycles. The first kappa shape index (κ1) is 13.3. The lowest BCUT2D eigenvalue weighted by Crippen LogP contribution is -2.36. The fourth-order valence-electron chi connectivity index (χ4n) is 1.08. The normalized spacial score (nSPS) is 11.8. The summed E-state index contributed by atoms with van der Waals surface area (Å²) in [6.45, 7) is 0. The molecule has 0 fully saturated rings. The zero-order chi connectivity index (χ0) is 12.2. The van der Waals surface area contributed by atoms with Crippen LogP contribution in [0.25, 0.3) is 0 Å². The van der Waals surface area contributed by atoms with Crippen molar-refractivity contribution in [3.8, 4) is 0 Å². The number of para-hydroxylation sites is 1. The second-order valence-electron chi connectivity index (χ2n) is 2.96. The van der Waals surface area contributed by atoms with Crippen LogP contribution in [-0.4, -0.2) is 32.2 Å². The Morgan fingerprint density at radius 3 is 2.31 bits per heavy atom. The maximum Gasteiger partial charge on any atom is 0.313 e. The largest absolute Gasteiger partial charge is 0.313 e. The van der Waals surface area contributed by atoms with Crippen LogP contribution in [0.4, 0.5) is 10.1 Å². The average Bonchev–Trinajstić information content (AvgIpc) is 2.29. The molecule has 90 valence electrons. The summed E-state index contributed by atoms with van der Waals surface area (Å²) in [4.78, 5) is 0. The van der Waals surface area contributed by atoms with E-state index in [1.54, 1.807) is 30.3 Å². The Morgan fingerprint density at radius 2 is 1.81 bits per heavy atom. The zero-order valence-electron chi connectivity index (χ0n) is 9.00. The SMILES string of the molecule is CN(SCF)S(=O)(=O)N(C)c1ccccc1. The quantitative estimate of drug-likeness (QED) is 0.762. The second-order valence-corrected chi connectivity index (χ2v) is 6.21. The summed E-state index contributed by atoms with van der Waals surface area (Å²) in [5.74, 6) is 0. The molecular weight excluding hydrogens is 251 g/mol. The van der Waals surface area contributed by atoms with Gasteiger partial charge in [0.15, 0.2) is 6.01 Å². The van der Waals surface area contributed by atoms with Gasteiger partial charge < -0.3 is 0 Å². The topological polar surface area (TPSA) is 40.6 Å². The highest BCUT2D eigenvalue weighted by molar-refractivity contribution is 8.08. The van der Waals surface area contributed by atoms with E-state index in [0.717, 1.165) is 8.02 Å². The van der Waals surface area contributed by atoms with Gasteiger partial charge in [0.1, 0.15) is 0 Å². The summed E-state index contributed by atoms with van der Waals surface area (Å²) in [6, 6.07) is 7.84. The molecule has 1 aromatic rings. The highest BCUT2D eigenvalue weighted by Gasteiger charge is 2.24. The summed E-state index contributed by atoms with van der Waals surface area (Å²) in [7, 11) is -0.916. The first-order valence-corrected chi connectivity index (χ1v) is 6.81. The number of halogens is 1. The van der Waals surface area contributed by atoms with E-state index in [-0.39, 0.29) is 0 Å². The molecule has 1 rings (SSSR count). The minimum absolute atomic E-state index is 0.536. The van der Waals surface area contributed by atoms with Gasteiger partial charge in [0.25, 0.3) is 0 Å². The molecule has 0 bridgehead atoms. The molecule has 0 N–H and O–H groups in total. The molecule has 0 aliphatic heterocycles. The van der Waals surface area contributed by atoms with Gasteiger partial charge in [0, 0.05) is 14.1 Å². The smallest absolute Gasteiger partial charge is 0.260 e. The summed E-state index contributed by atoms with van der Waals surface area (Å²) in [5, 5.41) is 0. The highest BCUT2D eigenvalue weighted by Crippen LogP contribution is 2.21. The molecule has 1 aromatic carbocycles. The van der Waals surface area contributed by atoms with Crippen molar-refractivity contribution in [1.82, 2.24) is 3.71 Å². The summed E-state index contributed by atoms with van der Waals surface area (Å²) >= 11 is 0.598. The fourth-order valence-corrected chi connectivity index (χ4v) is 2.90. The van der Waals surface area contributed by atoms with Crippen LogP contribution in [0.15, 0.2) is 30.3 Å². The van der Waals surface area contributed by atoms with Gasteiger partial charge >= 0.3 is 10.2 Å². The van der Waals surface area contributed by atoms with E-state index < -0.39 is 16.2 Å². The van der Waals surface area contributed by atoms with Crippen molar-refractivity contribution in [3.05, 3.63) is 30.3 Å². The number of alkyl halides is 1. The van der Waals surface area contributed by atoms with Gasteiger partial charge in [0.2, 0.25) is 0 Å². The standard InChI is InChI=1S/C9H13FN2O2S2/c1-11(9-6-4-3-5-7-9)16(13,14)12(2)15-8-10/h3-7H,8H2,1-2H3. The molecule has 0 amide bonds. The minimum Gasteiger partial charge on any atom is -0.260 e. The summed E-state index contributed by atoms with van der Waals surface area (Å²) in [6.07, 6.45) is 0. The van der Waals surface area contributed by atoms with E-state index in [1.807, 2.05) is 0 Å². The lowest BCUT2D eigenvalue weighted by atomic mass is 10.3. The van der Waals surface area contributed by atoms with E-state index in [1.165, 1.54) is 14.1 Å². The van der Waals surface area contributed by atoms with Gasteiger partial charge in [-0.2, -0.15) is 8.42 Å². The molecule has 0 radical (unpaired) electrons. The van der Waals surface area contributed by atoms with E-state index >= 15 is 0 Å². The third kappa shape index (κ3) is 2.87. The van der Waals surface area contributed by atoms with Crippen molar-refractivity contribution in [2.45, 2.75) is 0 Å². The average molecular weight is 264 g/mol. The molecular formula is C9H13FN2O2S2. The van der Waals surface area contributed by atoms with Crippen molar-refractivity contribution < 1.29 is 12.8 Å². The van der Waals surface area contributed by atoms with Crippen LogP contribution in [0.2, 0.25) is 0 Å². The Labute approximate surface area is 99.4 Å². The monoisotopic (exact) mass is 264 g/mol. The lowest BCUT2D eigenvalue weighted by Gasteiger charge is -2.24. The molecule has 0 saturated heterocycles. The van der Waals surface area contributed by atoms with Crippen LogP contribution in [0, 0.1) is 0 Å². The van der Waals surface area contributed by atoms with Crippen LogP contribution in [0.3, 0.4) is 0 Å². The van der Waals surface area contributed by atoms with Gasteiger partial charge in [-0.25, -0.2) is 4.39 Å². The van der Waals surface area contributed by atoms with Gasteiger partial charge in [-0.1, -0.05) is 18.2 Å².